The van der Waals surface area contributed by atoms with E-state index in [4.69, 9.17) is 28.1 Å². The van der Waals surface area contributed by atoms with Crippen molar-refractivity contribution in [1.82, 2.24) is 9.05 Å². The third kappa shape index (κ3) is 10.8. The number of benzene rings is 7. The summed E-state index contributed by atoms with van der Waals surface area (Å²) in [6, 6.07) is 26.9. The number of rotatable bonds is 15. The molecule has 468 valence electrons. The van der Waals surface area contributed by atoms with Gasteiger partial charge in [0.25, 0.3) is 11.1 Å². The van der Waals surface area contributed by atoms with Crippen molar-refractivity contribution in [2.45, 2.75) is 60.3 Å². The summed E-state index contributed by atoms with van der Waals surface area (Å²) in [5, 5.41) is 22.1. The Kier molecular flexibility index (Phi) is 16.5. The molecule has 0 fully saturated rings. The van der Waals surface area contributed by atoms with Crippen LogP contribution in [0.3, 0.4) is 0 Å². The molecule has 0 amide bonds. The predicted molar refractivity (Wildman–Crippen MR) is 336 cm³/mol. The summed E-state index contributed by atoms with van der Waals surface area (Å²) >= 11 is 0. The van der Waals surface area contributed by atoms with E-state index >= 15 is 9.59 Å². The minimum Gasteiger partial charge on any atom is -0.496 e. The summed E-state index contributed by atoms with van der Waals surface area (Å²) in [4.78, 5) is 71.8. The third-order valence-electron chi connectivity index (χ3n) is 16.7. The summed E-state index contributed by atoms with van der Waals surface area (Å²) in [7, 11) is 4.39. The molecule has 16 nitrogen and oxygen atoms in total. The van der Waals surface area contributed by atoms with Crippen molar-refractivity contribution in [3.05, 3.63) is 204 Å². The molecular weight excluding hydrogens is 1210 g/mol. The Morgan fingerprint density at radius 1 is 0.656 bits per heavy atom. The molecule has 1 aliphatic heterocycles. The van der Waals surface area contributed by atoms with Crippen molar-refractivity contribution in [1.29, 1.82) is 10.5 Å². The Morgan fingerprint density at radius 3 is 1.73 bits per heavy atom. The van der Waals surface area contributed by atoms with E-state index in [1.807, 2.05) is 11.9 Å². The number of nitriles is 2. The maximum atomic E-state index is 15.1. The van der Waals surface area contributed by atoms with E-state index in [-0.39, 0.29) is 114 Å². The highest BCUT2D eigenvalue weighted by atomic mass is 19.4. The molecule has 0 radical (unpaired) electrons. The molecule has 4 heterocycles. The van der Waals surface area contributed by atoms with Gasteiger partial charge in [0, 0.05) is 73.9 Å². The molecule has 3 aromatic heterocycles. The first kappa shape index (κ1) is 63.4. The Hall–Kier alpha value is -11.2. The second-order valence-electron chi connectivity index (χ2n) is 21.9. The topological polar surface area (TPSA) is 205 Å². The number of fused-ring (bicyclic) bond motifs is 2. The van der Waals surface area contributed by atoms with Gasteiger partial charge in [0.15, 0.2) is 5.71 Å². The van der Waals surface area contributed by atoms with Crippen LogP contribution >= 0.6 is 0 Å². The average molecular weight is 1270 g/mol. The number of nitrogens with zero attached hydrogens (tertiary/aromatic N) is 5. The van der Waals surface area contributed by atoms with Crippen LogP contribution in [-0.2, 0) is 37.8 Å². The first-order valence-electron chi connectivity index (χ1n) is 28.9. The summed E-state index contributed by atoms with van der Waals surface area (Å²) in [5.74, 6) is 1.88. The molecule has 10 aromatic rings. The van der Waals surface area contributed by atoms with Crippen LogP contribution in [-0.4, -0.2) is 78.6 Å². The van der Waals surface area contributed by atoms with Gasteiger partial charge < -0.3 is 32.6 Å². The molecule has 7 aromatic carbocycles. The number of carbonyl (C=O) groups is 3. The molecular formula is C70H53BF6N5O11+. The normalized spacial score (nSPS) is 13.3. The van der Waals surface area contributed by atoms with Crippen molar-refractivity contribution >= 4 is 79.5 Å². The van der Waals surface area contributed by atoms with E-state index in [1.165, 1.54) is 91.5 Å². The van der Waals surface area contributed by atoms with Crippen LogP contribution in [0.2, 0.25) is 0 Å². The van der Waals surface area contributed by atoms with Crippen molar-refractivity contribution in [3.8, 4) is 57.1 Å². The zero-order valence-corrected chi connectivity index (χ0v) is 51.2. The monoisotopic (exact) mass is 1260 g/mol. The minimum absolute atomic E-state index is 0.00685. The largest absolute Gasteiger partial charge is 0.496 e. The zero-order chi connectivity index (χ0) is 66.9. The lowest BCUT2D eigenvalue weighted by molar-refractivity contribution is -0.435. The Balaban J connectivity index is 1.02. The number of aromatic nitrogens is 2. The Morgan fingerprint density at radius 2 is 1.19 bits per heavy atom. The lowest BCUT2D eigenvalue weighted by Crippen LogP contribution is -2.32. The maximum Gasteiger partial charge on any atom is 0.496 e. The summed E-state index contributed by atoms with van der Waals surface area (Å²) in [6.07, 6.45) is -9.76. The van der Waals surface area contributed by atoms with E-state index in [9.17, 15) is 51.2 Å². The van der Waals surface area contributed by atoms with Gasteiger partial charge in [0.1, 0.15) is 41.0 Å². The van der Waals surface area contributed by atoms with Gasteiger partial charge in [0.2, 0.25) is 5.70 Å². The van der Waals surface area contributed by atoms with Gasteiger partial charge in [0.05, 0.1) is 79.3 Å². The number of ether oxygens (including phenoxy) is 5. The van der Waals surface area contributed by atoms with Crippen LogP contribution in [0.5, 0.6) is 17.2 Å². The van der Waals surface area contributed by atoms with Crippen LogP contribution in [0, 0.1) is 36.3 Å². The van der Waals surface area contributed by atoms with E-state index in [0.29, 0.717) is 50.0 Å². The molecule has 0 aliphatic carbocycles. The highest BCUT2D eigenvalue weighted by Crippen LogP contribution is 2.50. The van der Waals surface area contributed by atoms with Gasteiger partial charge in [-0.05, 0) is 117 Å². The van der Waals surface area contributed by atoms with Crippen LogP contribution in [0.1, 0.15) is 77.3 Å². The van der Waals surface area contributed by atoms with Crippen molar-refractivity contribution in [3.63, 3.8) is 0 Å². The van der Waals surface area contributed by atoms with Crippen LogP contribution < -0.4 is 25.3 Å². The quantitative estimate of drug-likeness (QED) is 0.0178. The molecule has 11 rings (SSSR count). The number of hydrogen-bond donors (Lipinski definition) is 0. The molecule has 0 saturated heterocycles. The predicted octanol–water partition coefficient (Wildman–Crippen LogP) is 13.7. The van der Waals surface area contributed by atoms with Crippen molar-refractivity contribution in [2.24, 2.45) is 0 Å². The number of halogens is 6. The zero-order valence-electron chi connectivity index (χ0n) is 51.2. The number of likely N-dealkylation sites (N-methyl/N-ethyl adjacent to an activating group) is 1. The molecule has 0 spiro atoms. The Bertz CT molecular complexity index is 5050. The fraction of sp³-hybridized carbons (Fsp3) is 0.200. The van der Waals surface area contributed by atoms with Gasteiger partial charge >= 0.3 is 37.1 Å². The van der Waals surface area contributed by atoms with Crippen LogP contribution in [0.25, 0.3) is 77.0 Å². The lowest BCUT2D eigenvalue weighted by atomic mass is 9.65. The number of para-hydroxylation sites is 1. The second-order valence-corrected chi connectivity index (χ2v) is 21.9. The molecule has 0 atom stereocenters. The molecule has 93 heavy (non-hydrogen) atoms. The molecule has 0 saturated carbocycles. The summed E-state index contributed by atoms with van der Waals surface area (Å²) < 4.78 is 123. The average Bonchev–Trinajstić information content (AvgIpc) is 1.71. The number of esters is 3. The number of carbonyl (C=O) groups excluding carboxylic acids is 3. The first-order chi connectivity index (χ1) is 44.3. The van der Waals surface area contributed by atoms with Gasteiger partial charge in [-0.1, -0.05) is 54.6 Å². The SMILES string of the molecule is CCOC(=O)C1=C(C)/C(=C(\c2c(OC)cc(OC(=O)Cc3ccc(-n4c(=O)c5cc(-c6ccc(C(F)(F)F)cc6)c6oc7ccccc7c7c(-c8ccc(C(F)(F)F)cc8)cc(c4=O)c5c67)cc3)cc2OC)c2c(C)c(C(=O)OCC)c(C)n2B(C#N)C#N)[N+](C)=C1C. The first-order valence-corrected chi connectivity index (χ1v) is 28.9. The number of alkyl halides is 6. The van der Waals surface area contributed by atoms with Crippen LogP contribution in [0.15, 0.2) is 152 Å². The van der Waals surface area contributed by atoms with Gasteiger partial charge in [-0.25, -0.2) is 24.7 Å². The van der Waals surface area contributed by atoms with E-state index in [0.717, 1.165) is 28.8 Å². The lowest BCUT2D eigenvalue weighted by Gasteiger charge is -2.21. The maximum absolute atomic E-state index is 15.1. The fourth-order valence-corrected chi connectivity index (χ4v) is 12.5. The highest BCUT2D eigenvalue weighted by Gasteiger charge is 2.43. The second kappa shape index (κ2) is 24.2. The number of hydrogen-bond acceptors (Lipinski definition) is 13. The van der Waals surface area contributed by atoms with E-state index < -0.39 is 65.8 Å². The van der Waals surface area contributed by atoms with E-state index in [2.05, 4.69) is 0 Å². The molecule has 0 bridgehead atoms. The Labute approximate surface area is 526 Å². The smallest absolute Gasteiger partial charge is 0.496 e. The minimum atomic E-state index is -4.69. The van der Waals surface area contributed by atoms with Crippen molar-refractivity contribution in [2.75, 3.05) is 34.5 Å². The standard InChI is InChI=1S/C70H53BF6N5O11/c1-10-90-67(86)55-35(3)62(80(7)37(55)5)61(63-36(4)56(68(87)91-11-2)38(6)82(63)71(33-78)34-79)59-52(88-8)29-45(30-53(59)89-9)92-54(83)28-39-16-26-44(27-17-39)81-65(84)49-31-47(40-18-22-42(23-19-40)69(72,73)74)57-46-14-12-13-15-51(46)93-64-48(32-50(66(81)85)58(49)60(57)64)41-20-24-43(25-21-41)70(75,76)77/h12-27,29-32H,10-11,28H2,1-9H3/q+1. The van der Waals surface area contributed by atoms with Crippen molar-refractivity contribution < 1.29 is 73.4 Å². The highest BCUT2D eigenvalue weighted by molar-refractivity contribution is 6.73. The fourth-order valence-electron chi connectivity index (χ4n) is 12.5. The summed E-state index contributed by atoms with van der Waals surface area (Å²) in [5.41, 5.74) is 0.893. The van der Waals surface area contributed by atoms with Crippen LogP contribution in [0.4, 0.5) is 26.3 Å². The van der Waals surface area contributed by atoms with E-state index in [1.54, 1.807) is 77.4 Å². The number of methoxy groups -OCH3 is 2. The molecule has 0 N–H and O–H groups in total. The number of pyridine rings is 1. The molecule has 0 unspecified atom stereocenters. The summed E-state index contributed by atoms with van der Waals surface area (Å²) in [6.45, 7) is 8.47. The van der Waals surface area contributed by atoms with Gasteiger partial charge in [-0.3, -0.25) is 14.4 Å². The third-order valence-corrected chi connectivity index (χ3v) is 16.7. The van der Waals surface area contributed by atoms with Gasteiger partial charge in [-0.2, -0.15) is 30.9 Å². The number of allylic oxidation sites excluding steroid dienone is 1. The molecule has 1 aliphatic rings. The van der Waals surface area contributed by atoms with Gasteiger partial charge in [-0.15, -0.1) is 0 Å². The molecule has 23 heteroatoms.